The van der Waals surface area contributed by atoms with Gasteiger partial charge in [0.1, 0.15) is 0 Å². The zero-order valence-electron chi connectivity index (χ0n) is 12.1. The SMILES string of the molecule is CC1CN(C(=O)C(N)CC2CCCCC2)CCCO1. The Morgan fingerprint density at radius 3 is 2.79 bits per heavy atom. The van der Waals surface area contributed by atoms with Crippen LogP contribution in [0.5, 0.6) is 0 Å². The monoisotopic (exact) mass is 268 g/mol. The van der Waals surface area contributed by atoms with Crippen LogP contribution in [0.25, 0.3) is 0 Å². The second kappa shape index (κ2) is 7.25. The maximum absolute atomic E-state index is 12.4. The van der Waals surface area contributed by atoms with Crippen molar-refractivity contribution < 1.29 is 9.53 Å². The molecule has 2 N–H and O–H groups in total. The second-order valence-corrected chi connectivity index (χ2v) is 6.17. The van der Waals surface area contributed by atoms with Crippen LogP contribution in [0.4, 0.5) is 0 Å². The molecule has 0 radical (unpaired) electrons. The number of carbonyl (C=O) groups is 1. The van der Waals surface area contributed by atoms with Gasteiger partial charge in [0.25, 0.3) is 0 Å². The van der Waals surface area contributed by atoms with Gasteiger partial charge in [-0.15, -0.1) is 0 Å². The van der Waals surface area contributed by atoms with Crippen molar-refractivity contribution in [3.05, 3.63) is 0 Å². The molecule has 0 bridgehead atoms. The van der Waals surface area contributed by atoms with Crippen molar-refractivity contribution in [2.75, 3.05) is 19.7 Å². The van der Waals surface area contributed by atoms with E-state index in [2.05, 4.69) is 0 Å². The topological polar surface area (TPSA) is 55.6 Å². The fourth-order valence-electron chi connectivity index (χ4n) is 3.31. The predicted molar refractivity (Wildman–Crippen MR) is 75.8 cm³/mol. The van der Waals surface area contributed by atoms with Crippen molar-refractivity contribution in [3.63, 3.8) is 0 Å². The summed E-state index contributed by atoms with van der Waals surface area (Å²) in [5.74, 6) is 0.788. The number of rotatable bonds is 3. The lowest BCUT2D eigenvalue weighted by molar-refractivity contribution is -0.133. The van der Waals surface area contributed by atoms with Gasteiger partial charge in [-0.3, -0.25) is 4.79 Å². The van der Waals surface area contributed by atoms with Crippen molar-refractivity contribution in [2.24, 2.45) is 11.7 Å². The maximum Gasteiger partial charge on any atom is 0.239 e. The Labute approximate surface area is 116 Å². The molecule has 1 aliphatic carbocycles. The van der Waals surface area contributed by atoms with Gasteiger partial charge in [0, 0.05) is 19.7 Å². The molecule has 4 nitrogen and oxygen atoms in total. The van der Waals surface area contributed by atoms with Crippen molar-refractivity contribution in [2.45, 2.75) is 64.0 Å². The first-order valence-corrected chi connectivity index (χ1v) is 7.83. The highest BCUT2D eigenvalue weighted by atomic mass is 16.5. The highest BCUT2D eigenvalue weighted by molar-refractivity contribution is 5.81. The minimum atomic E-state index is -0.312. The van der Waals surface area contributed by atoms with Crippen molar-refractivity contribution in [1.29, 1.82) is 0 Å². The Morgan fingerprint density at radius 1 is 1.32 bits per heavy atom. The summed E-state index contributed by atoms with van der Waals surface area (Å²) >= 11 is 0. The molecule has 110 valence electrons. The van der Waals surface area contributed by atoms with E-state index in [1.807, 2.05) is 11.8 Å². The Bertz CT molecular complexity index is 290. The quantitative estimate of drug-likeness (QED) is 0.851. The molecule has 2 fully saturated rings. The second-order valence-electron chi connectivity index (χ2n) is 6.17. The highest BCUT2D eigenvalue weighted by Gasteiger charge is 2.27. The zero-order chi connectivity index (χ0) is 13.7. The first-order valence-electron chi connectivity index (χ1n) is 7.83. The van der Waals surface area contributed by atoms with E-state index in [1.165, 1.54) is 32.1 Å². The van der Waals surface area contributed by atoms with Gasteiger partial charge in [0.05, 0.1) is 12.1 Å². The van der Waals surface area contributed by atoms with Crippen LogP contribution in [0.15, 0.2) is 0 Å². The summed E-state index contributed by atoms with van der Waals surface area (Å²) in [6.45, 7) is 4.26. The fourth-order valence-corrected chi connectivity index (χ4v) is 3.31. The molecule has 0 aromatic heterocycles. The van der Waals surface area contributed by atoms with Gasteiger partial charge in [-0.25, -0.2) is 0 Å². The summed E-state index contributed by atoms with van der Waals surface area (Å²) in [6.07, 6.45) is 8.38. The summed E-state index contributed by atoms with van der Waals surface area (Å²) in [4.78, 5) is 14.3. The van der Waals surface area contributed by atoms with Crippen LogP contribution in [0.1, 0.15) is 51.9 Å². The minimum Gasteiger partial charge on any atom is -0.377 e. The lowest BCUT2D eigenvalue weighted by Crippen LogP contribution is -2.46. The van der Waals surface area contributed by atoms with Crippen LogP contribution in [0, 0.1) is 5.92 Å². The molecule has 1 heterocycles. The van der Waals surface area contributed by atoms with Gasteiger partial charge in [0.15, 0.2) is 0 Å². The molecule has 0 spiro atoms. The number of nitrogens with two attached hydrogens (primary N) is 1. The van der Waals surface area contributed by atoms with E-state index in [4.69, 9.17) is 10.5 Å². The van der Waals surface area contributed by atoms with Crippen LogP contribution < -0.4 is 5.73 Å². The number of nitrogens with zero attached hydrogens (tertiary/aromatic N) is 1. The summed E-state index contributed by atoms with van der Waals surface area (Å²) in [5, 5.41) is 0. The van der Waals surface area contributed by atoms with E-state index in [-0.39, 0.29) is 18.1 Å². The van der Waals surface area contributed by atoms with Gasteiger partial charge in [-0.05, 0) is 25.7 Å². The summed E-state index contributed by atoms with van der Waals surface area (Å²) in [7, 11) is 0. The van der Waals surface area contributed by atoms with Gasteiger partial charge in [-0.2, -0.15) is 0 Å². The lowest BCUT2D eigenvalue weighted by Gasteiger charge is -2.28. The van der Waals surface area contributed by atoms with E-state index in [9.17, 15) is 4.79 Å². The molecule has 1 amide bonds. The zero-order valence-corrected chi connectivity index (χ0v) is 12.1. The molecule has 1 aliphatic heterocycles. The molecule has 4 heteroatoms. The van der Waals surface area contributed by atoms with Crippen LogP contribution in [-0.4, -0.2) is 42.6 Å². The maximum atomic E-state index is 12.4. The fraction of sp³-hybridized carbons (Fsp3) is 0.933. The smallest absolute Gasteiger partial charge is 0.239 e. The molecular formula is C15H28N2O2. The first-order chi connectivity index (χ1) is 9.16. The Morgan fingerprint density at radius 2 is 2.05 bits per heavy atom. The normalized spacial score (nSPS) is 27.9. The van der Waals surface area contributed by atoms with Crippen molar-refractivity contribution >= 4 is 5.91 Å². The molecule has 2 rings (SSSR count). The third-order valence-corrected chi connectivity index (χ3v) is 4.39. The largest absolute Gasteiger partial charge is 0.377 e. The molecule has 2 atom stereocenters. The van der Waals surface area contributed by atoms with E-state index in [0.717, 1.165) is 26.0 Å². The number of amides is 1. The summed E-state index contributed by atoms with van der Waals surface area (Å²) < 4.78 is 5.58. The molecule has 19 heavy (non-hydrogen) atoms. The highest BCUT2D eigenvalue weighted by Crippen LogP contribution is 2.27. The van der Waals surface area contributed by atoms with Gasteiger partial charge in [0.2, 0.25) is 5.91 Å². The Kier molecular flexibility index (Phi) is 5.64. The minimum absolute atomic E-state index is 0.128. The average Bonchev–Trinajstić information content (AvgIpc) is 2.63. The molecular weight excluding hydrogens is 240 g/mol. The summed E-state index contributed by atoms with van der Waals surface area (Å²) in [5.41, 5.74) is 6.14. The number of hydrogen-bond acceptors (Lipinski definition) is 3. The van der Waals surface area contributed by atoms with Gasteiger partial charge < -0.3 is 15.4 Å². The molecule has 2 aliphatic rings. The van der Waals surface area contributed by atoms with Crippen molar-refractivity contribution in [1.82, 2.24) is 4.90 Å². The van der Waals surface area contributed by atoms with E-state index < -0.39 is 0 Å². The molecule has 0 aromatic carbocycles. The number of ether oxygens (including phenoxy) is 1. The van der Waals surface area contributed by atoms with E-state index in [1.54, 1.807) is 0 Å². The third-order valence-electron chi connectivity index (χ3n) is 4.39. The van der Waals surface area contributed by atoms with Crippen LogP contribution in [0.2, 0.25) is 0 Å². The van der Waals surface area contributed by atoms with Gasteiger partial charge in [-0.1, -0.05) is 32.1 Å². The first kappa shape index (κ1) is 14.8. The molecule has 1 saturated carbocycles. The van der Waals surface area contributed by atoms with Crippen LogP contribution >= 0.6 is 0 Å². The Balaban J connectivity index is 1.82. The lowest BCUT2D eigenvalue weighted by atomic mass is 9.85. The average molecular weight is 268 g/mol. The third kappa shape index (κ3) is 4.46. The van der Waals surface area contributed by atoms with E-state index in [0.29, 0.717) is 12.5 Å². The van der Waals surface area contributed by atoms with Crippen LogP contribution in [-0.2, 0) is 9.53 Å². The number of hydrogen-bond donors (Lipinski definition) is 1. The molecule has 2 unspecified atom stereocenters. The number of carbonyl (C=O) groups excluding carboxylic acids is 1. The predicted octanol–water partition coefficient (Wildman–Crippen LogP) is 1.92. The molecule has 0 aromatic rings. The Hall–Kier alpha value is -0.610. The van der Waals surface area contributed by atoms with Crippen LogP contribution in [0.3, 0.4) is 0 Å². The molecule has 1 saturated heterocycles. The van der Waals surface area contributed by atoms with Crippen molar-refractivity contribution in [3.8, 4) is 0 Å². The standard InChI is InChI=1S/C15H28N2O2/c1-12-11-17(8-5-9-19-12)15(18)14(16)10-13-6-3-2-4-7-13/h12-14H,2-11,16H2,1H3. The van der Waals surface area contributed by atoms with Gasteiger partial charge >= 0.3 is 0 Å². The summed E-state index contributed by atoms with van der Waals surface area (Å²) in [6, 6.07) is -0.312. The van der Waals surface area contributed by atoms with E-state index >= 15 is 0 Å².